The van der Waals surface area contributed by atoms with E-state index in [0.29, 0.717) is 12.2 Å². The van der Waals surface area contributed by atoms with Crippen molar-refractivity contribution in [2.75, 3.05) is 20.3 Å². The predicted octanol–water partition coefficient (Wildman–Crippen LogP) is 0.503. The average Bonchev–Trinajstić information content (AvgIpc) is 2.13. The van der Waals surface area contributed by atoms with E-state index in [1.165, 1.54) is 7.11 Å². The van der Waals surface area contributed by atoms with E-state index in [1.807, 2.05) is 6.92 Å². The zero-order valence-corrected chi connectivity index (χ0v) is 8.08. The van der Waals surface area contributed by atoms with E-state index in [1.54, 1.807) is 0 Å². The highest BCUT2D eigenvalue weighted by Crippen LogP contribution is 2.05. The molecule has 4 nitrogen and oxygen atoms in total. The molecule has 0 aromatic heterocycles. The summed E-state index contributed by atoms with van der Waals surface area (Å²) < 4.78 is 9.41. The van der Waals surface area contributed by atoms with Crippen molar-refractivity contribution in [2.24, 2.45) is 0 Å². The minimum Gasteiger partial charge on any atom is -0.469 e. The summed E-state index contributed by atoms with van der Waals surface area (Å²) in [6.07, 6.45) is -0.943. The number of hydrogen-bond acceptors (Lipinski definition) is 4. The lowest BCUT2D eigenvalue weighted by Gasteiger charge is -2.11. The van der Waals surface area contributed by atoms with Crippen molar-refractivity contribution in [1.29, 1.82) is 0 Å². The number of hydrogen-bond donors (Lipinski definition) is 1. The quantitative estimate of drug-likeness (QED) is 0.487. The van der Waals surface area contributed by atoms with Crippen molar-refractivity contribution in [3.63, 3.8) is 0 Å². The van der Waals surface area contributed by atoms with Gasteiger partial charge in [-0.15, -0.1) is 0 Å². The molecule has 0 saturated heterocycles. The van der Waals surface area contributed by atoms with Gasteiger partial charge in [0.2, 0.25) is 0 Å². The Bertz CT molecular complexity index is 176. The van der Waals surface area contributed by atoms with Gasteiger partial charge >= 0.3 is 5.97 Å². The van der Waals surface area contributed by atoms with Crippen LogP contribution in [0.25, 0.3) is 0 Å². The Kier molecular flexibility index (Phi) is 6.18. The second-order valence-electron chi connectivity index (χ2n) is 2.59. The third-order valence-corrected chi connectivity index (χ3v) is 1.55. The summed E-state index contributed by atoms with van der Waals surface area (Å²) in [5.74, 6) is -0.454. The molecule has 1 unspecified atom stereocenters. The summed E-state index contributed by atoms with van der Waals surface area (Å²) >= 11 is 0. The maximum absolute atomic E-state index is 10.7. The molecule has 0 aromatic rings. The molecule has 0 aliphatic rings. The van der Waals surface area contributed by atoms with Crippen LogP contribution in [0.3, 0.4) is 0 Å². The number of aliphatic hydroxyl groups excluding tert-OH is 1. The number of esters is 1. The Morgan fingerprint density at radius 1 is 1.62 bits per heavy atom. The normalized spacial score (nSPS) is 12.2. The van der Waals surface area contributed by atoms with E-state index in [9.17, 15) is 9.90 Å². The predicted molar refractivity (Wildman–Crippen MR) is 48.3 cm³/mol. The Morgan fingerprint density at radius 2 is 2.23 bits per heavy atom. The van der Waals surface area contributed by atoms with Crippen LogP contribution in [0.4, 0.5) is 0 Å². The van der Waals surface area contributed by atoms with Gasteiger partial charge in [-0.1, -0.05) is 6.58 Å². The fourth-order valence-electron chi connectivity index (χ4n) is 0.715. The van der Waals surface area contributed by atoms with Crippen LogP contribution in [0.15, 0.2) is 12.2 Å². The van der Waals surface area contributed by atoms with Gasteiger partial charge in [-0.2, -0.15) is 0 Å². The molecule has 0 aromatic carbocycles. The van der Waals surface area contributed by atoms with Crippen LogP contribution in [0, 0.1) is 0 Å². The number of ether oxygens (including phenoxy) is 2. The van der Waals surface area contributed by atoms with Crippen LogP contribution in [-0.4, -0.2) is 37.5 Å². The van der Waals surface area contributed by atoms with Crippen LogP contribution in [0.5, 0.6) is 0 Å². The molecule has 0 amide bonds. The smallest absolute Gasteiger partial charge is 0.308 e. The van der Waals surface area contributed by atoms with E-state index in [4.69, 9.17) is 4.74 Å². The Labute approximate surface area is 78.2 Å². The number of aliphatic hydroxyl groups is 1. The van der Waals surface area contributed by atoms with Gasteiger partial charge in [0.15, 0.2) is 0 Å². The first-order chi connectivity index (χ1) is 6.11. The highest BCUT2D eigenvalue weighted by atomic mass is 16.5. The van der Waals surface area contributed by atoms with Gasteiger partial charge in [0.1, 0.15) is 0 Å². The Balaban J connectivity index is 3.75. The van der Waals surface area contributed by atoms with Crippen LogP contribution >= 0.6 is 0 Å². The summed E-state index contributed by atoms with van der Waals surface area (Å²) in [5, 5.41) is 9.37. The fraction of sp³-hybridized carbons (Fsp3) is 0.667. The first-order valence-electron chi connectivity index (χ1n) is 4.12. The van der Waals surface area contributed by atoms with E-state index in [-0.39, 0.29) is 13.0 Å². The molecule has 1 N–H and O–H groups in total. The van der Waals surface area contributed by atoms with Crippen molar-refractivity contribution in [2.45, 2.75) is 19.4 Å². The molecule has 0 fully saturated rings. The molecule has 0 radical (unpaired) electrons. The third kappa shape index (κ3) is 5.38. The highest BCUT2D eigenvalue weighted by Gasteiger charge is 2.13. The summed E-state index contributed by atoms with van der Waals surface area (Å²) in [5.41, 5.74) is 0.493. The first-order valence-corrected chi connectivity index (χ1v) is 4.12. The van der Waals surface area contributed by atoms with Gasteiger partial charge in [-0.05, 0) is 12.5 Å². The molecule has 0 rings (SSSR count). The molecule has 0 heterocycles. The molecule has 0 spiro atoms. The molecule has 13 heavy (non-hydrogen) atoms. The van der Waals surface area contributed by atoms with Crippen molar-refractivity contribution in [3.8, 4) is 0 Å². The van der Waals surface area contributed by atoms with Crippen LogP contribution in [0.1, 0.15) is 13.3 Å². The lowest BCUT2D eigenvalue weighted by Crippen LogP contribution is -2.19. The van der Waals surface area contributed by atoms with Crippen LogP contribution in [0.2, 0.25) is 0 Å². The third-order valence-electron chi connectivity index (χ3n) is 1.55. The van der Waals surface area contributed by atoms with Crippen molar-refractivity contribution >= 4 is 5.97 Å². The Morgan fingerprint density at radius 3 is 2.69 bits per heavy atom. The Hall–Kier alpha value is -0.870. The number of rotatable bonds is 6. The molecule has 0 saturated carbocycles. The lowest BCUT2D eigenvalue weighted by molar-refractivity contribution is -0.142. The van der Waals surface area contributed by atoms with Crippen LogP contribution in [-0.2, 0) is 14.3 Å². The average molecular weight is 188 g/mol. The second kappa shape index (κ2) is 6.62. The zero-order valence-electron chi connectivity index (χ0n) is 8.08. The lowest BCUT2D eigenvalue weighted by atomic mass is 10.1. The molecule has 4 heteroatoms. The summed E-state index contributed by atoms with van der Waals surface area (Å²) in [6.45, 7) is 6.28. The van der Waals surface area contributed by atoms with E-state index in [2.05, 4.69) is 11.3 Å². The van der Waals surface area contributed by atoms with Crippen LogP contribution < -0.4 is 0 Å². The van der Waals surface area contributed by atoms with Crippen molar-refractivity contribution in [1.82, 2.24) is 0 Å². The van der Waals surface area contributed by atoms with Crippen molar-refractivity contribution in [3.05, 3.63) is 12.2 Å². The summed E-state index contributed by atoms with van der Waals surface area (Å²) in [4.78, 5) is 10.7. The van der Waals surface area contributed by atoms with Crippen molar-refractivity contribution < 1.29 is 19.4 Å². The molecular weight excluding hydrogens is 172 g/mol. The minimum atomic E-state index is -0.876. The fourth-order valence-corrected chi connectivity index (χ4v) is 0.715. The molecule has 0 bridgehead atoms. The van der Waals surface area contributed by atoms with E-state index in [0.717, 1.165) is 0 Å². The number of carbonyl (C=O) groups is 1. The molecule has 76 valence electrons. The largest absolute Gasteiger partial charge is 0.469 e. The summed E-state index contributed by atoms with van der Waals surface area (Å²) in [6, 6.07) is 0. The van der Waals surface area contributed by atoms with Gasteiger partial charge in [0, 0.05) is 6.61 Å². The summed E-state index contributed by atoms with van der Waals surface area (Å²) in [7, 11) is 1.28. The molecule has 0 aliphatic heterocycles. The van der Waals surface area contributed by atoms with Gasteiger partial charge in [-0.3, -0.25) is 4.79 Å². The maximum Gasteiger partial charge on any atom is 0.308 e. The van der Waals surface area contributed by atoms with E-state index < -0.39 is 12.1 Å². The van der Waals surface area contributed by atoms with E-state index >= 15 is 0 Å². The second-order valence-corrected chi connectivity index (χ2v) is 2.59. The zero-order chi connectivity index (χ0) is 10.3. The minimum absolute atomic E-state index is 0.0671. The SMILES string of the molecule is C=C(COCC)C(O)CC(=O)OC. The maximum atomic E-state index is 10.7. The standard InChI is InChI=1S/C9H16O4/c1-4-13-6-7(2)8(10)5-9(11)12-3/h8,10H,2,4-6H2,1,3H3. The van der Waals surface area contributed by atoms with Gasteiger partial charge in [-0.25, -0.2) is 0 Å². The molecular formula is C9H16O4. The monoisotopic (exact) mass is 188 g/mol. The van der Waals surface area contributed by atoms with Gasteiger partial charge < -0.3 is 14.6 Å². The molecule has 1 atom stereocenters. The van der Waals surface area contributed by atoms with Gasteiger partial charge in [0.25, 0.3) is 0 Å². The first kappa shape index (κ1) is 12.1. The topological polar surface area (TPSA) is 55.8 Å². The number of carbonyl (C=O) groups excluding carboxylic acids is 1. The number of methoxy groups -OCH3 is 1. The highest BCUT2D eigenvalue weighted by molar-refractivity contribution is 5.70. The molecule has 0 aliphatic carbocycles. The van der Waals surface area contributed by atoms with Gasteiger partial charge in [0.05, 0.1) is 26.2 Å².